The van der Waals surface area contributed by atoms with Gasteiger partial charge in [0.1, 0.15) is 39.6 Å². The van der Waals surface area contributed by atoms with Crippen LogP contribution in [0.3, 0.4) is 0 Å². The maximum absolute atomic E-state index is 12.4. The van der Waals surface area contributed by atoms with E-state index in [1.807, 2.05) is 0 Å². The zero-order chi connectivity index (χ0) is 36.5. The van der Waals surface area contributed by atoms with Gasteiger partial charge in [-0.1, -0.05) is 39.5 Å². The van der Waals surface area contributed by atoms with Crippen LogP contribution in [0.4, 0.5) is 0 Å². The van der Waals surface area contributed by atoms with Crippen molar-refractivity contribution in [2.24, 2.45) is 10.8 Å². The van der Waals surface area contributed by atoms with Crippen molar-refractivity contribution in [1.29, 1.82) is 0 Å². The Morgan fingerprint density at radius 2 is 0.489 bits per heavy atom. The average Bonchev–Trinajstić information content (AvgIpc) is 3.00. The van der Waals surface area contributed by atoms with E-state index in [9.17, 15) is 28.8 Å². The molecule has 0 saturated carbocycles. The molecule has 47 heavy (non-hydrogen) atoms. The molecule has 0 unspecified atom stereocenters. The largest absolute Gasteiger partial charge is 0.461 e. The molecule has 260 valence electrons. The Kier molecular flexibility index (Phi) is 17.7. The van der Waals surface area contributed by atoms with Crippen molar-refractivity contribution in [2.75, 3.05) is 52.9 Å². The minimum atomic E-state index is -1.52. The molecular weight excluding hydrogens is 616 g/mol. The third-order valence-electron chi connectivity index (χ3n) is 5.96. The number of hydrogen-bond acceptors (Lipinski definition) is 13. The van der Waals surface area contributed by atoms with E-state index < -0.39 is 99.5 Å². The van der Waals surface area contributed by atoms with Crippen molar-refractivity contribution in [3.63, 3.8) is 0 Å². The van der Waals surface area contributed by atoms with Gasteiger partial charge in [0.2, 0.25) is 0 Å². The van der Waals surface area contributed by atoms with E-state index in [0.29, 0.717) is 0 Å². The lowest BCUT2D eigenvalue weighted by atomic mass is 9.90. The average molecular weight is 663 g/mol. The summed E-state index contributed by atoms with van der Waals surface area (Å²) in [6.45, 7) is 26.0. The van der Waals surface area contributed by atoms with Gasteiger partial charge in [0.15, 0.2) is 0 Å². The molecular formula is C34H46O13. The van der Waals surface area contributed by atoms with Gasteiger partial charge in [-0.2, -0.15) is 0 Å². The molecule has 0 aromatic carbocycles. The van der Waals surface area contributed by atoms with Crippen molar-refractivity contribution in [3.8, 4) is 0 Å². The van der Waals surface area contributed by atoms with E-state index >= 15 is 0 Å². The molecule has 0 aromatic rings. The second-order valence-corrected chi connectivity index (χ2v) is 11.6. The summed E-state index contributed by atoms with van der Waals surface area (Å²) < 4.78 is 38.3. The maximum Gasteiger partial charge on any atom is 0.333 e. The highest BCUT2D eigenvalue weighted by molar-refractivity contribution is 5.89. The lowest BCUT2D eigenvalue weighted by Crippen LogP contribution is -2.47. The first-order valence-electron chi connectivity index (χ1n) is 14.2. The van der Waals surface area contributed by atoms with Crippen molar-refractivity contribution >= 4 is 35.8 Å². The third kappa shape index (κ3) is 15.9. The lowest BCUT2D eigenvalue weighted by molar-refractivity contribution is -0.170. The molecule has 13 heteroatoms. The van der Waals surface area contributed by atoms with E-state index in [0.717, 1.165) is 0 Å². The van der Waals surface area contributed by atoms with Crippen LogP contribution < -0.4 is 0 Å². The van der Waals surface area contributed by atoms with E-state index in [4.69, 9.17) is 33.2 Å². The van der Waals surface area contributed by atoms with E-state index in [-0.39, 0.29) is 33.4 Å². The molecule has 0 rings (SSSR count). The Morgan fingerprint density at radius 3 is 0.617 bits per heavy atom. The number of rotatable bonds is 22. The monoisotopic (exact) mass is 662 g/mol. The molecule has 0 spiro atoms. The summed E-state index contributed by atoms with van der Waals surface area (Å²) in [5, 5.41) is 0. The van der Waals surface area contributed by atoms with Gasteiger partial charge in [0.25, 0.3) is 0 Å². The fraction of sp³-hybridized carbons (Fsp3) is 0.471. The van der Waals surface area contributed by atoms with Crippen LogP contribution in [0.15, 0.2) is 72.9 Å². The predicted molar refractivity (Wildman–Crippen MR) is 170 cm³/mol. The van der Waals surface area contributed by atoms with Crippen LogP contribution in [-0.2, 0) is 61.9 Å². The highest BCUT2D eigenvalue weighted by Gasteiger charge is 2.41. The van der Waals surface area contributed by atoms with Crippen LogP contribution in [-0.4, -0.2) is 88.7 Å². The minimum Gasteiger partial charge on any atom is -0.461 e. The summed E-state index contributed by atoms with van der Waals surface area (Å²) in [6.07, 6.45) is 0. The Hall–Kier alpha value is -4.78. The number of carbonyl (C=O) groups is 6. The van der Waals surface area contributed by atoms with Gasteiger partial charge in [0.05, 0.1) is 24.0 Å². The molecule has 0 aromatic heterocycles. The van der Waals surface area contributed by atoms with Crippen LogP contribution in [0.2, 0.25) is 0 Å². The van der Waals surface area contributed by atoms with E-state index in [2.05, 4.69) is 39.5 Å². The smallest absolute Gasteiger partial charge is 0.333 e. The second-order valence-electron chi connectivity index (χ2n) is 11.6. The molecule has 0 bridgehead atoms. The molecule has 0 aliphatic carbocycles. The van der Waals surface area contributed by atoms with E-state index in [1.54, 1.807) is 0 Å². The molecule has 0 atom stereocenters. The first-order chi connectivity index (χ1) is 21.7. The van der Waals surface area contributed by atoms with Gasteiger partial charge in [-0.15, -0.1) is 0 Å². The van der Waals surface area contributed by atoms with Crippen LogP contribution in [0, 0.1) is 10.8 Å². The van der Waals surface area contributed by atoms with Crippen LogP contribution in [0.25, 0.3) is 0 Å². The molecule has 0 heterocycles. The normalized spacial score (nSPS) is 10.9. The van der Waals surface area contributed by atoms with Gasteiger partial charge >= 0.3 is 35.8 Å². The SMILES string of the molecule is C=C(C)C(=O)OCC(COCC(COC(=O)C(=C)C)(COC(=O)C(=C)C)COC(=O)C(=C)C)(COC(=O)C(=C)C)COC(=O)C(=C)C. The zero-order valence-electron chi connectivity index (χ0n) is 28.2. The van der Waals surface area contributed by atoms with Crippen LogP contribution >= 0.6 is 0 Å². The molecule has 0 radical (unpaired) electrons. The minimum absolute atomic E-state index is 0.0645. The molecule has 0 saturated heterocycles. The Balaban J connectivity index is 6.73. The van der Waals surface area contributed by atoms with Crippen molar-refractivity contribution < 1.29 is 61.9 Å². The van der Waals surface area contributed by atoms with Crippen molar-refractivity contribution in [1.82, 2.24) is 0 Å². The maximum atomic E-state index is 12.4. The van der Waals surface area contributed by atoms with Gasteiger partial charge in [-0.25, -0.2) is 28.8 Å². The predicted octanol–water partition coefficient (Wildman–Crippen LogP) is 3.69. The lowest BCUT2D eigenvalue weighted by Gasteiger charge is -2.35. The molecule has 0 amide bonds. The zero-order valence-corrected chi connectivity index (χ0v) is 28.2. The van der Waals surface area contributed by atoms with Crippen LogP contribution in [0.1, 0.15) is 41.5 Å². The highest BCUT2D eigenvalue weighted by Crippen LogP contribution is 2.27. The van der Waals surface area contributed by atoms with Gasteiger partial charge in [-0.3, -0.25) is 0 Å². The second kappa shape index (κ2) is 19.7. The molecule has 13 nitrogen and oxygen atoms in total. The summed E-state index contributed by atoms with van der Waals surface area (Å²) >= 11 is 0. The summed E-state index contributed by atoms with van der Waals surface area (Å²) in [5.74, 6) is -4.72. The first kappa shape index (κ1) is 42.2. The van der Waals surface area contributed by atoms with E-state index in [1.165, 1.54) is 41.5 Å². The fourth-order valence-corrected chi connectivity index (χ4v) is 3.04. The van der Waals surface area contributed by atoms with Gasteiger partial charge in [0, 0.05) is 33.4 Å². The summed E-state index contributed by atoms with van der Waals surface area (Å²) in [5.41, 5.74) is -2.66. The van der Waals surface area contributed by atoms with Crippen LogP contribution in [0.5, 0.6) is 0 Å². The third-order valence-corrected chi connectivity index (χ3v) is 5.96. The molecule has 0 aliphatic heterocycles. The number of ether oxygens (including phenoxy) is 7. The fourth-order valence-electron chi connectivity index (χ4n) is 3.04. The number of esters is 6. The summed E-state index contributed by atoms with van der Waals surface area (Å²) in [6, 6.07) is 0. The molecule has 0 N–H and O–H groups in total. The summed E-state index contributed by atoms with van der Waals surface area (Å²) in [7, 11) is 0. The Bertz CT molecular complexity index is 1050. The van der Waals surface area contributed by atoms with Gasteiger partial charge in [-0.05, 0) is 41.5 Å². The first-order valence-corrected chi connectivity index (χ1v) is 14.2. The quantitative estimate of drug-likeness (QED) is 0.0936. The standard InChI is InChI=1S/C34H46O13/c1-21(2)27(35)42-15-33(16-43-28(36)22(3)4,17-44-29(37)23(5)6)13-41-14-34(18-45-30(38)24(7)8,19-46-31(39)25(9)10)20-47-32(40)26(11)12/h1,3,5,7,9,11,13-20H2,2,4,6,8,10,12H3. The molecule has 0 aliphatic rings. The molecule has 0 fully saturated rings. The summed E-state index contributed by atoms with van der Waals surface area (Å²) in [4.78, 5) is 74.1. The topological polar surface area (TPSA) is 167 Å². The Labute approximate surface area is 275 Å². The Morgan fingerprint density at radius 1 is 0.340 bits per heavy atom. The van der Waals surface area contributed by atoms with Crippen molar-refractivity contribution in [3.05, 3.63) is 72.9 Å². The highest BCUT2D eigenvalue weighted by atomic mass is 16.6. The van der Waals surface area contributed by atoms with Gasteiger partial charge < -0.3 is 33.2 Å². The number of carbonyl (C=O) groups excluding carboxylic acids is 6. The number of hydrogen-bond donors (Lipinski definition) is 0. The van der Waals surface area contributed by atoms with Crippen molar-refractivity contribution in [2.45, 2.75) is 41.5 Å².